The van der Waals surface area contributed by atoms with Gasteiger partial charge in [-0.3, -0.25) is 4.79 Å². The van der Waals surface area contributed by atoms with Crippen molar-refractivity contribution in [2.24, 2.45) is 0 Å². The summed E-state index contributed by atoms with van der Waals surface area (Å²) >= 11 is 5.83. The summed E-state index contributed by atoms with van der Waals surface area (Å²) in [6.45, 7) is 0. The third kappa shape index (κ3) is 3.02. The van der Waals surface area contributed by atoms with E-state index in [4.69, 9.17) is 11.6 Å². The Balaban J connectivity index is 1.65. The molecular formula is C17H16ClNO. The van der Waals surface area contributed by atoms with Crippen molar-refractivity contribution in [2.75, 3.05) is 5.32 Å². The average Bonchev–Trinajstić information content (AvgIpc) is 2.89. The van der Waals surface area contributed by atoms with Gasteiger partial charge in [0.25, 0.3) is 0 Å². The molecule has 2 aromatic rings. The molecule has 3 rings (SSSR count). The summed E-state index contributed by atoms with van der Waals surface area (Å²) < 4.78 is 0. The molecule has 20 heavy (non-hydrogen) atoms. The number of rotatable bonds is 3. The lowest BCUT2D eigenvalue weighted by Crippen LogP contribution is -2.14. The second-order valence-electron chi connectivity index (χ2n) is 5.19. The van der Waals surface area contributed by atoms with Crippen molar-refractivity contribution < 1.29 is 4.79 Å². The lowest BCUT2D eigenvalue weighted by atomic mass is 10.1. The molecule has 0 aromatic heterocycles. The maximum absolute atomic E-state index is 12.0. The van der Waals surface area contributed by atoms with Crippen molar-refractivity contribution in [1.29, 1.82) is 0 Å². The molecular weight excluding hydrogens is 270 g/mol. The fourth-order valence-corrected chi connectivity index (χ4v) is 2.77. The van der Waals surface area contributed by atoms with E-state index in [-0.39, 0.29) is 5.91 Å². The number of anilines is 1. The zero-order valence-corrected chi connectivity index (χ0v) is 11.9. The standard InChI is InChI=1S/C17H16ClNO/c18-15-7-4-12(5-8-15)10-17(20)19-16-9-6-13-2-1-3-14(13)11-16/h4-9,11H,1-3,10H2,(H,19,20). The van der Waals surface area contributed by atoms with Crippen LogP contribution in [0.2, 0.25) is 5.02 Å². The van der Waals surface area contributed by atoms with E-state index in [2.05, 4.69) is 17.4 Å². The van der Waals surface area contributed by atoms with Gasteiger partial charge < -0.3 is 5.32 Å². The molecule has 0 spiro atoms. The lowest BCUT2D eigenvalue weighted by Gasteiger charge is -2.07. The van der Waals surface area contributed by atoms with Crippen LogP contribution in [0.1, 0.15) is 23.1 Å². The van der Waals surface area contributed by atoms with Crippen molar-refractivity contribution >= 4 is 23.2 Å². The van der Waals surface area contributed by atoms with Crippen molar-refractivity contribution in [3.63, 3.8) is 0 Å². The normalized spacial score (nSPS) is 13.1. The van der Waals surface area contributed by atoms with Crippen molar-refractivity contribution in [3.8, 4) is 0 Å². The van der Waals surface area contributed by atoms with Gasteiger partial charge in [-0.2, -0.15) is 0 Å². The molecule has 1 aliphatic rings. The van der Waals surface area contributed by atoms with E-state index in [0.29, 0.717) is 11.4 Å². The highest BCUT2D eigenvalue weighted by atomic mass is 35.5. The second kappa shape index (κ2) is 5.68. The number of aryl methyl sites for hydroxylation is 2. The highest BCUT2D eigenvalue weighted by molar-refractivity contribution is 6.30. The van der Waals surface area contributed by atoms with Gasteiger partial charge in [0.2, 0.25) is 5.91 Å². The molecule has 2 aromatic carbocycles. The maximum Gasteiger partial charge on any atom is 0.228 e. The first-order valence-corrected chi connectivity index (χ1v) is 7.24. The number of hydrogen-bond donors (Lipinski definition) is 1. The summed E-state index contributed by atoms with van der Waals surface area (Å²) in [5.41, 5.74) is 4.65. The molecule has 0 saturated carbocycles. The van der Waals surface area contributed by atoms with Crippen LogP contribution in [0.4, 0.5) is 5.69 Å². The van der Waals surface area contributed by atoms with E-state index in [1.165, 1.54) is 17.5 Å². The number of amides is 1. The molecule has 0 aliphatic heterocycles. The second-order valence-corrected chi connectivity index (χ2v) is 5.62. The van der Waals surface area contributed by atoms with Crippen molar-refractivity contribution in [1.82, 2.24) is 0 Å². The molecule has 1 N–H and O–H groups in total. The summed E-state index contributed by atoms with van der Waals surface area (Å²) in [4.78, 5) is 12.0. The maximum atomic E-state index is 12.0. The number of carbonyl (C=O) groups is 1. The van der Waals surface area contributed by atoms with E-state index < -0.39 is 0 Å². The van der Waals surface area contributed by atoms with E-state index in [1.54, 1.807) is 12.1 Å². The first-order valence-electron chi connectivity index (χ1n) is 6.87. The van der Waals surface area contributed by atoms with Gasteiger partial charge in [-0.15, -0.1) is 0 Å². The highest BCUT2D eigenvalue weighted by Crippen LogP contribution is 2.25. The molecule has 0 bridgehead atoms. The van der Waals surface area contributed by atoms with Crippen molar-refractivity contribution in [2.45, 2.75) is 25.7 Å². The van der Waals surface area contributed by atoms with E-state index in [9.17, 15) is 4.79 Å². The first-order chi connectivity index (χ1) is 9.70. The molecule has 102 valence electrons. The van der Waals surface area contributed by atoms with Gasteiger partial charge in [-0.1, -0.05) is 29.8 Å². The fraction of sp³-hybridized carbons (Fsp3) is 0.235. The fourth-order valence-electron chi connectivity index (χ4n) is 2.64. The Bertz CT molecular complexity index is 634. The Morgan fingerprint density at radius 1 is 1.05 bits per heavy atom. The molecule has 0 unspecified atom stereocenters. The lowest BCUT2D eigenvalue weighted by molar-refractivity contribution is -0.115. The Morgan fingerprint density at radius 2 is 1.80 bits per heavy atom. The molecule has 1 aliphatic carbocycles. The predicted molar refractivity (Wildman–Crippen MR) is 82.3 cm³/mol. The van der Waals surface area contributed by atoms with E-state index in [0.717, 1.165) is 24.1 Å². The molecule has 0 fully saturated rings. The van der Waals surface area contributed by atoms with Gasteiger partial charge in [0, 0.05) is 10.7 Å². The molecule has 0 atom stereocenters. The number of halogens is 1. The van der Waals surface area contributed by atoms with Crippen LogP contribution in [0.25, 0.3) is 0 Å². The summed E-state index contributed by atoms with van der Waals surface area (Å²) in [7, 11) is 0. The first kappa shape index (κ1) is 13.2. The van der Waals surface area contributed by atoms with Crippen LogP contribution in [0, 0.1) is 0 Å². The van der Waals surface area contributed by atoms with Crippen LogP contribution in [-0.2, 0) is 24.1 Å². The quantitative estimate of drug-likeness (QED) is 0.907. The minimum atomic E-state index is 0.00488. The molecule has 0 radical (unpaired) electrons. The third-order valence-corrected chi connectivity index (χ3v) is 3.91. The summed E-state index contributed by atoms with van der Waals surface area (Å²) in [6, 6.07) is 13.6. The minimum Gasteiger partial charge on any atom is -0.326 e. The Morgan fingerprint density at radius 3 is 2.60 bits per heavy atom. The smallest absolute Gasteiger partial charge is 0.228 e. The van der Waals surface area contributed by atoms with Gasteiger partial charge in [0.1, 0.15) is 0 Å². The predicted octanol–water partition coefficient (Wildman–Crippen LogP) is 4.01. The monoisotopic (exact) mass is 285 g/mol. The third-order valence-electron chi connectivity index (χ3n) is 3.66. The number of hydrogen-bond acceptors (Lipinski definition) is 1. The van der Waals surface area contributed by atoms with Crippen LogP contribution >= 0.6 is 11.6 Å². The largest absolute Gasteiger partial charge is 0.326 e. The highest BCUT2D eigenvalue weighted by Gasteiger charge is 2.11. The van der Waals surface area contributed by atoms with Crippen LogP contribution in [0.15, 0.2) is 42.5 Å². The topological polar surface area (TPSA) is 29.1 Å². The van der Waals surface area contributed by atoms with E-state index >= 15 is 0 Å². The van der Waals surface area contributed by atoms with Gasteiger partial charge in [0.05, 0.1) is 6.42 Å². The summed E-state index contributed by atoms with van der Waals surface area (Å²) in [5.74, 6) is 0.00488. The number of carbonyl (C=O) groups excluding carboxylic acids is 1. The van der Waals surface area contributed by atoms with Crippen LogP contribution in [0.5, 0.6) is 0 Å². The molecule has 1 amide bonds. The molecule has 3 heteroatoms. The van der Waals surface area contributed by atoms with E-state index in [1.807, 2.05) is 18.2 Å². The minimum absolute atomic E-state index is 0.00488. The summed E-state index contributed by atoms with van der Waals surface area (Å²) in [6.07, 6.45) is 3.87. The summed E-state index contributed by atoms with van der Waals surface area (Å²) in [5, 5.41) is 3.65. The Labute approximate surface area is 123 Å². The zero-order valence-electron chi connectivity index (χ0n) is 11.2. The SMILES string of the molecule is O=C(Cc1ccc(Cl)cc1)Nc1ccc2c(c1)CCC2. The Kier molecular flexibility index (Phi) is 3.75. The van der Waals surface area contributed by atoms with Crippen LogP contribution < -0.4 is 5.32 Å². The van der Waals surface area contributed by atoms with Gasteiger partial charge in [0.15, 0.2) is 0 Å². The molecule has 2 nitrogen and oxygen atoms in total. The number of benzene rings is 2. The zero-order chi connectivity index (χ0) is 13.9. The molecule has 0 saturated heterocycles. The van der Waals surface area contributed by atoms with Crippen molar-refractivity contribution in [3.05, 3.63) is 64.2 Å². The molecule has 0 heterocycles. The van der Waals surface area contributed by atoms with Gasteiger partial charge >= 0.3 is 0 Å². The van der Waals surface area contributed by atoms with Gasteiger partial charge in [-0.05, 0) is 60.2 Å². The number of nitrogens with one attached hydrogen (secondary N) is 1. The average molecular weight is 286 g/mol. The van der Waals surface area contributed by atoms with Gasteiger partial charge in [-0.25, -0.2) is 0 Å². The van der Waals surface area contributed by atoms with Crippen LogP contribution in [-0.4, -0.2) is 5.91 Å². The van der Waals surface area contributed by atoms with Crippen LogP contribution in [0.3, 0.4) is 0 Å². The number of fused-ring (bicyclic) bond motifs is 1. The Hall–Kier alpha value is -1.80.